The monoisotopic (exact) mass is 252 g/mol. The van der Waals surface area contributed by atoms with Crippen molar-refractivity contribution in [3.05, 3.63) is 23.5 Å². The molecule has 0 atom stereocenters. The van der Waals surface area contributed by atoms with Crippen LogP contribution >= 0.6 is 0 Å². The molecule has 0 radical (unpaired) electrons. The predicted molar refractivity (Wildman–Crippen MR) is 68.1 cm³/mol. The van der Waals surface area contributed by atoms with Crippen LogP contribution in [0.15, 0.2) is 23.5 Å². The molecular formula is C14H20O4. The van der Waals surface area contributed by atoms with Gasteiger partial charge in [0.15, 0.2) is 6.61 Å². The maximum atomic E-state index is 11.3. The summed E-state index contributed by atoms with van der Waals surface area (Å²) in [6, 6.07) is 0. The molecule has 0 amide bonds. The average molecular weight is 252 g/mol. The van der Waals surface area contributed by atoms with Crippen molar-refractivity contribution < 1.29 is 19.4 Å². The Balaban J connectivity index is 2.32. The summed E-state index contributed by atoms with van der Waals surface area (Å²) in [5, 5.41) is 9.65. The second-order valence-electron chi connectivity index (χ2n) is 4.33. The second-order valence-corrected chi connectivity index (χ2v) is 4.33. The molecule has 0 saturated carbocycles. The summed E-state index contributed by atoms with van der Waals surface area (Å²) in [6.07, 6.45) is 9.60. The first-order valence-electron chi connectivity index (χ1n) is 6.44. The van der Waals surface area contributed by atoms with Gasteiger partial charge in [-0.15, -0.1) is 0 Å². The number of ether oxygens (including phenoxy) is 1. The number of aliphatic hydroxyl groups is 1. The normalized spacial score (nSPS) is 18.5. The summed E-state index contributed by atoms with van der Waals surface area (Å²) in [7, 11) is 0. The SMILES string of the molecule is CCCCC/C=C/CC/C(O)=C1\C(=O)COC1=O. The molecule has 1 saturated heterocycles. The summed E-state index contributed by atoms with van der Waals surface area (Å²) in [5.41, 5.74) is -0.172. The van der Waals surface area contributed by atoms with Crippen LogP contribution in [0.5, 0.6) is 0 Å². The van der Waals surface area contributed by atoms with E-state index in [4.69, 9.17) is 0 Å². The van der Waals surface area contributed by atoms with Gasteiger partial charge >= 0.3 is 5.97 Å². The number of ketones is 1. The highest BCUT2D eigenvalue weighted by Crippen LogP contribution is 2.16. The van der Waals surface area contributed by atoms with E-state index in [-0.39, 0.29) is 17.9 Å². The molecule has 1 heterocycles. The molecular weight excluding hydrogens is 232 g/mol. The maximum Gasteiger partial charge on any atom is 0.345 e. The van der Waals surface area contributed by atoms with E-state index in [1.54, 1.807) is 0 Å². The van der Waals surface area contributed by atoms with Crippen LogP contribution in [0.1, 0.15) is 45.4 Å². The minimum absolute atomic E-state index is 0.152. The van der Waals surface area contributed by atoms with Crippen LogP contribution in [0.25, 0.3) is 0 Å². The molecule has 100 valence electrons. The fourth-order valence-electron chi connectivity index (χ4n) is 1.76. The minimum Gasteiger partial charge on any atom is -0.511 e. The van der Waals surface area contributed by atoms with Crippen molar-refractivity contribution in [3.63, 3.8) is 0 Å². The van der Waals surface area contributed by atoms with Crippen LogP contribution in [-0.4, -0.2) is 23.5 Å². The van der Waals surface area contributed by atoms with Crippen LogP contribution in [0.4, 0.5) is 0 Å². The summed E-state index contributed by atoms with van der Waals surface area (Å²) in [6.45, 7) is 1.91. The van der Waals surface area contributed by atoms with Gasteiger partial charge in [0.25, 0.3) is 0 Å². The molecule has 0 unspecified atom stereocenters. The molecule has 1 aliphatic heterocycles. The largest absolute Gasteiger partial charge is 0.511 e. The topological polar surface area (TPSA) is 63.6 Å². The zero-order valence-electron chi connectivity index (χ0n) is 10.8. The minimum atomic E-state index is -0.704. The van der Waals surface area contributed by atoms with Gasteiger partial charge in [0.1, 0.15) is 11.3 Å². The molecule has 18 heavy (non-hydrogen) atoms. The average Bonchev–Trinajstić information content (AvgIpc) is 2.68. The van der Waals surface area contributed by atoms with Crippen LogP contribution in [0, 0.1) is 0 Å². The van der Waals surface area contributed by atoms with E-state index in [1.807, 2.05) is 6.08 Å². The van der Waals surface area contributed by atoms with Crippen molar-refractivity contribution in [3.8, 4) is 0 Å². The lowest BCUT2D eigenvalue weighted by molar-refractivity contribution is -0.135. The predicted octanol–water partition coefficient (Wildman–Crippen LogP) is 2.84. The second kappa shape index (κ2) is 7.69. The lowest BCUT2D eigenvalue weighted by Crippen LogP contribution is -2.05. The van der Waals surface area contributed by atoms with E-state index >= 15 is 0 Å². The number of cyclic esters (lactones) is 1. The maximum absolute atomic E-state index is 11.3. The lowest BCUT2D eigenvalue weighted by atomic mass is 10.1. The number of carbonyl (C=O) groups excluding carboxylic acids is 2. The molecule has 1 N–H and O–H groups in total. The van der Waals surface area contributed by atoms with Crippen molar-refractivity contribution in [1.82, 2.24) is 0 Å². The highest BCUT2D eigenvalue weighted by atomic mass is 16.5. The Bertz CT molecular complexity index is 348. The van der Waals surface area contributed by atoms with Gasteiger partial charge in [-0.05, 0) is 19.3 Å². The molecule has 0 bridgehead atoms. The van der Waals surface area contributed by atoms with Gasteiger partial charge in [-0.25, -0.2) is 4.79 Å². The molecule has 0 aromatic rings. The number of hydrogen-bond donors (Lipinski definition) is 1. The van der Waals surface area contributed by atoms with E-state index in [9.17, 15) is 14.7 Å². The number of aliphatic hydroxyl groups excluding tert-OH is 1. The molecule has 0 aromatic carbocycles. The molecule has 1 aliphatic rings. The standard InChI is InChI=1S/C14H20O4/c1-2-3-4-5-6-7-8-9-11(15)13-12(16)10-18-14(13)17/h6-7,15H,2-5,8-10H2,1H3/b7-6+,13-11-. The summed E-state index contributed by atoms with van der Waals surface area (Å²) in [5.74, 6) is -1.28. The Kier molecular flexibility index (Phi) is 6.19. The van der Waals surface area contributed by atoms with E-state index in [1.165, 1.54) is 19.3 Å². The van der Waals surface area contributed by atoms with Gasteiger partial charge in [0, 0.05) is 6.42 Å². The number of carbonyl (C=O) groups is 2. The number of rotatable bonds is 7. The molecule has 0 aromatic heterocycles. The first-order valence-corrected chi connectivity index (χ1v) is 6.44. The van der Waals surface area contributed by atoms with Crippen LogP contribution in [0.3, 0.4) is 0 Å². The Labute approximate surface area is 107 Å². The zero-order chi connectivity index (χ0) is 13.4. The number of unbranched alkanes of at least 4 members (excludes halogenated alkanes) is 3. The van der Waals surface area contributed by atoms with Gasteiger partial charge in [0.05, 0.1) is 0 Å². The van der Waals surface area contributed by atoms with Gasteiger partial charge in [-0.2, -0.15) is 0 Å². The third-order valence-electron chi connectivity index (χ3n) is 2.79. The number of esters is 1. The first kappa shape index (κ1) is 14.5. The van der Waals surface area contributed by atoms with Crippen molar-refractivity contribution in [1.29, 1.82) is 0 Å². The molecule has 1 rings (SSSR count). The zero-order valence-corrected chi connectivity index (χ0v) is 10.8. The molecule has 0 aliphatic carbocycles. The van der Waals surface area contributed by atoms with Gasteiger partial charge in [0.2, 0.25) is 5.78 Å². The summed E-state index contributed by atoms with van der Waals surface area (Å²) in [4.78, 5) is 22.4. The van der Waals surface area contributed by atoms with Crippen molar-refractivity contribution in [2.75, 3.05) is 6.61 Å². The summed E-state index contributed by atoms with van der Waals surface area (Å²) < 4.78 is 4.55. The fourth-order valence-corrected chi connectivity index (χ4v) is 1.76. The van der Waals surface area contributed by atoms with Gasteiger partial charge in [-0.3, -0.25) is 4.79 Å². The van der Waals surface area contributed by atoms with Gasteiger partial charge in [-0.1, -0.05) is 31.9 Å². The smallest absolute Gasteiger partial charge is 0.345 e. The Morgan fingerprint density at radius 3 is 2.61 bits per heavy atom. The van der Waals surface area contributed by atoms with Crippen molar-refractivity contribution in [2.45, 2.75) is 45.4 Å². The van der Waals surface area contributed by atoms with E-state index in [0.717, 1.165) is 6.42 Å². The van der Waals surface area contributed by atoms with Crippen molar-refractivity contribution in [2.24, 2.45) is 0 Å². The van der Waals surface area contributed by atoms with Gasteiger partial charge < -0.3 is 9.84 Å². The number of Topliss-reactive ketones (excluding diaryl/α,β-unsaturated/α-hetero) is 1. The summed E-state index contributed by atoms with van der Waals surface area (Å²) >= 11 is 0. The first-order chi connectivity index (χ1) is 8.66. The van der Waals surface area contributed by atoms with Crippen molar-refractivity contribution >= 4 is 11.8 Å². The third-order valence-corrected chi connectivity index (χ3v) is 2.79. The lowest BCUT2D eigenvalue weighted by Gasteiger charge is -1.98. The fraction of sp³-hybridized carbons (Fsp3) is 0.571. The number of allylic oxidation sites excluding steroid dienone is 3. The van der Waals surface area contributed by atoms with E-state index < -0.39 is 11.8 Å². The highest BCUT2D eigenvalue weighted by Gasteiger charge is 2.31. The Morgan fingerprint density at radius 1 is 1.28 bits per heavy atom. The van der Waals surface area contributed by atoms with Crippen LogP contribution < -0.4 is 0 Å². The Hall–Kier alpha value is -1.58. The molecule has 0 spiro atoms. The third kappa shape index (κ3) is 4.35. The van der Waals surface area contributed by atoms with Crippen LogP contribution in [0.2, 0.25) is 0 Å². The van der Waals surface area contributed by atoms with E-state index in [2.05, 4.69) is 17.7 Å². The van der Waals surface area contributed by atoms with E-state index in [0.29, 0.717) is 12.8 Å². The highest BCUT2D eigenvalue weighted by molar-refractivity contribution is 6.22. The Morgan fingerprint density at radius 2 is 2.00 bits per heavy atom. The molecule has 4 nitrogen and oxygen atoms in total. The molecule has 4 heteroatoms. The molecule has 1 fully saturated rings. The number of hydrogen-bond acceptors (Lipinski definition) is 4. The van der Waals surface area contributed by atoms with Crippen LogP contribution in [-0.2, 0) is 14.3 Å². The quantitative estimate of drug-likeness (QED) is 0.189.